The van der Waals surface area contributed by atoms with Gasteiger partial charge < -0.3 is 4.74 Å². The average Bonchev–Trinajstić information content (AvgIpc) is 3.58. The Kier molecular flexibility index (Phi) is 5.94. The number of imide groups is 1. The van der Waals surface area contributed by atoms with E-state index in [-0.39, 0.29) is 17.7 Å². The van der Waals surface area contributed by atoms with Crippen molar-refractivity contribution in [2.75, 3.05) is 16.9 Å². The van der Waals surface area contributed by atoms with Crippen LogP contribution < -0.4 is 15.1 Å². The van der Waals surface area contributed by atoms with Crippen molar-refractivity contribution in [3.05, 3.63) is 119 Å². The molecular weight excluding hydrogens is 556 g/mol. The summed E-state index contributed by atoms with van der Waals surface area (Å²) < 4.78 is 6.81. The number of hydrogen-bond acceptors (Lipinski definition) is 7. The largest absolute Gasteiger partial charge is 0.494 e. The van der Waals surface area contributed by atoms with Crippen molar-refractivity contribution in [3.63, 3.8) is 0 Å². The molecule has 0 saturated carbocycles. The Morgan fingerprint density at radius 3 is 2.28 bits per heavy atom. The van der Waals surface area contributed by atoms with Gasteiger partial charge in [-0.05, 0) is 65.1 Å². The third-order valence-electron chi connectivity index (χ3n) is 8.97. The summed E-state index contributed by atoms with van der Waals surface area (Å²) in [5.74, 6) is -1.10. The lowest BCUT2D eigenvalue weighted by Crippen LogP contribution is -2.54. The van der Waals surface area contributed by atoms with Crippen LogP contribution in [0.2, 0.25) is 0 Å². The van der Waals surface area contributed by atoms with Crippen molar-refractivity contribution in [2.45, 2.75) is 24.7 Å². The number of nitrogens with zero attached hydrogens (tertiary/aromatic N) is 3. The van der Waals surface area contributed by atoms with E-state index in [0.29, 0.717) is 23.2 Å². The van der Waals surface area contributed by atoms with Crippen LogP contribution in [0.4, 0.5) is 10.8 Å². The highest BCUT2D eigenvalue weighted by Crippen LogP contribution is 2.63. The average molecular weight is 585 g/mol. The van der Waals surface area contributed by atoms with Gasteiger partial charge in [-0.25, -0.2) is 9.88 Å². The summed E-state index contributed by atoms with van der Waals surface area (Å²) in [5.41, 5.74) is 7.83. The van der Waals surface area contributed by atoms with Crippen LogP contribution in [0.25, 0.3) is 10.2 Å². The minimum Gasteiger partial charge on any atom is -0.494 e. The molecule has 0 unspecified atom stereocenters. The second-order valence-corrected chi connectivity index (χ2v) is 12.3. The van der Waals surface area contributed by atoms with Gasteiger partial charge in [-0.2, -0.15) is 5.10 Å². The Labute approximate surface area is 252 Å². The zero-order valence-electron chi connectivity index (χ0n) is 23.4. The van der Waals surface area contributed by atoms with E-state index in [4.69, 9.17) is 9.84 Å². The molecule has 43 heavy (non-hydrogen) atoms. The zero-order chi connectivity index (χ0) is 29.1. The number of fused-ring (bicyclic) bond motifs is 1. The minimum absolute atomic E-state index is 0.178. The van der Waals surface area contributed by atoms with E-state index in [0.717, 1.165) is 38.9 Å². The molecule has 5 aromatic rings. The van der Waals surface area contributed by atoms with Crippen LogP contribution in [0.5, 0.6) is 5.75 Å². The van der Waals surface area contributed by atoms with E-state index < -0.39 is 17.3 Å². The minimum atomic E-state index is -0.943. The molecule has 1 fully saturated rings. The molecule has 1 aliphatic heterocycles. The Morgan fingerprint density at radius 1 is 0.907 bits per heavy atom. The van der Waals surface area contributed by atoms with Gasteiger partial charge in [0.25, 0.3) is 0 Å². The first-order chi connectivity index (χ1) is 21.1. The highest BCUT2D eigenvalue weighted by atomic mass is 32.1. The Balaban J connectivity index is 1.26. The predicted octanol–water partition coefficient (Wildman–Crippen LogP) is 6.73. The highest BCUT2D eigenvalue weighted by Gasteiger charge is 2.68. The molecule has 1 saturated heterocycles. The molecule has 212 valence electrons. The van der Waals surface area contributed by atoms with Crippen molar-refractivity contribution >= 4 is 50.4 Å². The number of carbonyl (C=O) groups excluding carboxylic acids is 2. The first kappa shape index (κ1) is 25.9. The van der Waals surface area contributed by atoms with E-state index in [2.05, 4.69) is 41.6 Å². The number of aromatic nitrogens is 1. The summed E-state index contributed by atoms with van der Waals surface area (Å²) in [6.45, 7) is 2.66. The third kappa shape index (κ3) is 3.72. The van der Waals surface area contributed by atoms with Crippen LogP contribution >= 0.6 is 11.3 Å². The zero-order valence-corrected chi connectivity index (χ0v) is 24.3. The number of para-hydroxylation sites is 1. The molecule has 0 spiro atoms. The lowest BCUT2D eigenvalue weighted by atomic mass is 9.47. The van der Waals surface area contributed by atoms with Gasteiger partial charge in [0, 0.05) is 12.1 Å². The number of carbonyl (C=O) groups is 2. The Bertz CT molecular complexity index is 1850. The standard InChI is InChI=1S/C35H28N4O3S/c1-2-19-42-22-17-15-21(16-18-22)39-32(40)30-29-23-9-3-5-11-25(23)35(31(30)33(39)41,26-12-6-4-10-24(26)29)20-36-38-34-37-27-13-7-8-14-28(27)43-34/h3-18,20,29-31H,2,19H2,1H3,(H,37,38)/b36-20-/t29?,30-,31+,35?/m1/s1. The first-order valence-electron chi connectivity index (χ1n) is 14.6. The molecule has 1 aromatic heterocycles. The summed E-state index contributed by atoms with van der Waals surface area (Å²) in [6.07, 6.45) is 2.74. The number of rotatable bonds is 7. The molecule has 0 radical (unpaired) electrons. The lowest BCUT2D eigenvalue weighted by Gasteiger charge is -2.52. The fourth-order valence-corrected chi connectivity index (χ4v) is 8.14. The fourth-order valence-electron chi connectivity index (χ4n) is 7.32. The number of ether oxygens (including phenoxy) is 1. The molecule has 2 heterocycles. The molecular formula is C35H28N4O3S. The number of nitrogens with one attached hydrogen (secondary N) is 1. The predicted molar refractivity (Wildman–Crippen MR) is 169 cm³/mol. The van der Waals surface area contributed by atoms with Crippen molar-refractivity contribution < 1.29 is 14.3 Å². The van der Waals surface area contributed by atoms with Gasteiger partial charge >= 0.3 is 0 Å². The van der Waals surface area contributed by atoms with Crippen LogP contribution in [0, 0.1) is 11.8 Å². The summed E-state index contributed by atoms with van der Waals surface area (Å²) in [5, 5.41) is 5.42. The van der Waals surface area contributed by atoms with Crippen LogP contribution in [0.15, 0.2) is 102 Å². The van der Waals surface area contributed by atoms with E-state index in [1.807, 2.05) is 66.9 Å². The van der Waals surface area contributed by atoms with Gasteiger partial charge in [-0.3, -0.25) is 15.0 Å². The second kappa shape index (κ2) is 9.88. The van der Waals surface area contributed by atoms with Gasteiger partial charge in [0.15, 0.2) is 0 Å². The molecule has 9 rings (SSSR count). The molecule has 7 nitrogen and oxygen atoms in total. The number of hydrogen-bond donors (Lipinski definition) is 1. The van der Waals surface area contributed by atoms with E-state index in [9.17, 15) is 9.59 Å². The quantitative estimate of drug-likeness (QED) is 0.130. The van der Waals surface area contributed by atoms with Crippen molar-refractivity contribution in [3.8, 4) is 5.75 Å². The smallest absolute Gasteiger partial charge is 0.239 e. The number of anilines is 2. The SMILES string of the molecule is CCCOc1ccc(N2C(=O)[C@@H]3C4c5ccccc5C(/C=N\Nc5nc6ccccc6s5)(c5ccccc54)[C@@H]3C2=O)cc1. The summed E-state index contributed by atoms with van der Waals surface area (Å²) in [6, 6.07) is 31.6. The molecule has 8 heteroatoms. The van der Waals surface area contributed by atoms with Gasteiger partial charge in [0.05, 0.1) is 39.8 Å². The molecule has 2 atom stereocenters. The van der Waals surface area contributed by atoms with Crippen LogP contribution in [0.3, 0.4) is 0 Å². The van der Waals surface area contributed by atoms with Gasteiger partial charge in [-0.15, -0.1) is 0 Å². The molecule has 4 aromatic carbocycles. The van der Waals surface area contributed by atoms with Crippen LogP contribution in [0.1, 0.15) is 41.5 Å². The van der Waals surface area contributed by atoms with Crippen molar-refractivity contribution in [2.24, 2.45) is 16.9 Å². The maximum atomic E-state index is 14.6. The second-order valence-electron chi connectivity index (χ2n) is 11.2. The number of benzene rings is 4. The molecule has 4 aliphatic rings. The van der Waals surface area contributed by atoms with E-state index >= 15 is 0 Å². The summed E-state index contributed by atoms with van der Waals surface area (Å²) >= 11 is 1.52. The van der Waals surface area contributed by atoms with E-state index in [1.54, 1.807) is 12.1 Å². The summed E-state index contributed by atoms with van der Waals surface area (Å²) in [4.78, 5) is 35.0. The topological polar surface area (TPSA) is 83.9 Å². The monoisotopic (exact) mass is 584 g/mol. The molecule has 2 amide bonds. The van der Waals surface area contributed by atoms with Crippen molar-refractivity contribution in [1.29, 1.82) is 0 Å². The fraction of sp³-hybridized carbons (Fsp3) is 0.200. The highest BCUT2D eigenvalue weighted by molar-refractivity contribution is 7.22. The van der Waals surface area contributed by atoms with Crippen molar-refractivity contribution in [1.82, 2.24) is 4.98 Å². The summed E-state index contributed by atoms with van der Waals surface area (Å²) in [7, 11) is 0. The van der Waals surface area contributed by atoms with E-state index in [1.165, 1.54) is 16.2 Å². The number of thiazole rings is 1. The number of amides is 2. The normalized spacial score (nSPS) is 23.5. The Morgan fingerprint density at radius 2 is 1.58 bits per heavy atom. The first-order valence-corrected chi connectivity index (χ1v) is 15.4. The van der Waals surface area contributed by atoms with Crippen LogP contribution in [-0.4, -0.2) is 29.6 Å². The third-order valence-corrected chi connectivity index (χ3v) is 9.91. The van der Waals surface area contributed by atoms with Crippen LogP contribution in [-0.2, 0) is 15.0 Å². The number of hydrazone groups is 1. The molecule has 1 N–H and O–H groups in total. The lowest BCUT2D eigenvalue weighted by molar-refractivity contribution is -0.122. The van der Waals surface area contributed by atoms with Gasteiger partial charge in [0.1, 0.15) is 5.75 Å². The maximum Gasteiger partial charge on any atom is 0.239 e. The van der Waals surface area contributed by atoms with Gasteiger partial charge in [0.2, 0.25) is 16.9 Å². The Hall–Kier alpha value is -4.82. The maximum absolute atomic E-state index is 14.6. The molecule has 2 bridgehead atoms. The molecule has 3 aliphatic carbocycles. The van der Waals surface area contributed by atoms with Gasteiger partial charge in [-0.1, -0.05) is 78.9 Å².